The van der Waals surface area contributed by atoms with Gasteiger partial charge in [-0.25, -0.2) is 4.79 Å². The van der Waals surface area contributed by atoms with E-state index in [1.54, 1.807) is 0 Å². The van der Waals surface area contributed by atoms with Crippen molar-refractivity contribution in [2.45, 2.75) is 39.5 Å². The second kappa shape index (κ2) is 4.49. The number of amides is 2. The Morgan fingerprint density at radius 3 is 2.46 bits per heavy atom. The number of carbonyl (C=O) groups is 1. The van der Waals surface area contributed by atoms with Gasteiger partial charge in [-0.2, -0.15) is 0 Å². The first kappa shape index (κ1) is 10.4. The van der Waals surface area contributed by atoms with Gasteiger partial charge in [0.15, 0.2) is 0 Å². The predicted octanol–water partition coefficient (Wildman–Crippen LogP) is 1.89. The maximum Gasteiger partial charge on any atom is 0.314 e. The van der Waals surface area contributed by atoms with Crippen LogP contribution in [-0.4, -0.2) is 19.1 Å². The molecule has 1 aliphatic carbocycles. The third kappa shape index (κ3) is 3.25. The Bertz CT molecular complexity index is 176. The third-order valence-corrected chi connectivity index (χ3v) is 2.87. The van der Waals surface area contributed by atoms with E-state index in [0.29, 0.717) is 5.41 Å². The molecule has 0 atom stereocenters. The van der Waals surface area contributed by atoms with Gasteiger partial charge in [0.25, 0.3) is 0 Å². The fourth-order valence-corrected chi connectivity index (χ4v) is 1.40. The molecule has 0 aliphatic heterocycles. The Kier molecular flexibility index (Phi) is 3.58. The minimum absolute atomic E-state index is 0.0124. The highest BCUT2D eigenvalue weighted by molar-refractivity contribution is 5.73. The summed E-state index contributed by atoms with van der Waals surface area (Å²) < 4.78 is 0. The number of hydrogen-bond acceptors (Lipinski definition) is 1. The van der Waals surface area contributed by atoms with Crippen LogP contribution in [0.4, 0.5) is 4.79 Å². The van der Waals surface area contributed by atoms with Crippen LogP contribution in [0.1, 0.15) is 39.5 Å². The second-order valence-corrected chi connectivity index (χ2v) is 3.96. The van der Waals surface area contributed by atoms with Crippen molar-refractivity contribution < 1.29 is 4.79 Å². The van der Waals surface area contributed by atoms with Crippen LogP contribution in [0.15, 0.2) is 0 Å². The topological polar surface area (TPSA) is 41.1 Å². The Morgan fingerprint density at radius 2 is 2.00 bits per heavy atom. The summed E-state index contributed by atoms with van der Waals surface area (Å²) in [6.45, 7) is 5.86. The summed E-state index contributed by atoms with van der Waals surface area (Å²) in [5, 5.41) is 5.73. The summed E-state index contributed by atoms with van der Waals surface area (Å²) in [7, 11) is 0. The molecule has 0 heterocycles. The number of carbonyl (C=O) groups excluding carboxylic acids is 1. The van der Waals surface area contributed by atoms with Crippen LogP contribution in [0.3, 0.4) is 0 Å². The zero-order chi connectivity index (χ0) is 9.73. The highest BCUT2D eigenvalue weighted by Gasteiger charge is 2.40. The van der Waals surface area contributed by atoms with E-state index in [9.17, 15) is 4.79 Å². The molecule has 1 rings (SSSR count). The number of urea groups is 1. The molecule has 0 radical (unpaired) electrons. The number of rotatable bonds is 5. The lowest BCUT2D eigenvalue weighted by atomic mass is 10.0. The first-order valence-corrected chi connectivity index (χ1v) is 5.24. The highest BCUT2D eigenvalue weighted by atomic mass is 16.2. The van der Waals surface area contributed by atoms with E-state index in [1.807, 2.05) is 0 Å². The van der Waals surface area contributed by atoms with Gasteiger partial charge in [-0.05, 0) is 31.1 Å². The summed E-state index contributed by atoms with van der Waals surface area (Å²) in [5.74, 6) is 0. The first-order valence-electron chi connectivity index (χ1n) is 5.24. The fourth-order valence-electron chi connectivity index (χ4n) is 1.40. The smallest absolute Gasteiger partial charge is 0.314 e. The first-order chi connectivity index (χ1) is 6.22. The van der Waals surface area contributed by atoms with Crippen LogP contribution in [0.2, 0.25) is 0 Å². The molecule has 3 heteroatoms. The number of nitrogens with one attached hydrogen (secondary N) is 2. The van der Waals surface area contributed by atoms with E-state index in [1.165, 1.54) is 19.3 Å². The normalized spacial score (nSPS) is 18.0. The molecular weight excluding hydrogens is 164 g/mol. The van der Waals surface area contributed by atoms with E-state index >= 15 is 0 Å². The van der Waals surface area contributed by atoms with Crippen LogP contribution >= 0.6 is 0 Å². The minimum Gasteiger partial charge on any atom is -0.338 e. The van der Waals surface area contributed by atoms with Gasteiger partial charge in [0.05, 0.1) is 0 Å². The maximum absolute atomic E-state index is 11.2. The van der Waals surface area contributed by atoms with Gasteiger partial charge in [-0.15, -0.1) is 0 Å². The molecule has 0 bridgehead atoms. The molecule has 2 N–H and O–H groups in total. The van der Waals surface area contributed by atoms with E-state index in [2.05, 4.69) is 24.5 Å². The van der Waals surface area contributed by atoms with Crippen LogP contribution in [0, 0.1) is 5.41 Å². The van der Waals surface area contributed by atoms with E-state index in [4.69, 9.17) is 0 Å². The molecule has 2 amide bonds. The zero-order valence-electron chi connectivity index (χ0n) is 8.65. The summed E-state index contributed by atoms with van der Waals surface area (Å²) in [4.78, 5) is 11.2. The SMILES string of the molecule is CCCNC(=O)NCC1(CC)CC1. The van der Waals surface area contributed by atoms with Gasteiger partial charge in [0, 0.05) is 13.1 Å². The molecule has 0 saturated heterocycles. The summed E-state index contributed by atoms with van der Waals surface area (Å²) in [6, 6.07) is -0.0124. The van der Waals surface area contributed by atoms with Crippen molar-refractivity contribution in [3.05, 3.63) is 0 Å². The minimum atomic E-state index is -0.0124. The standard InChI is InChI=1S/C10H20N2O/c1-3-7-11-9(13)12-8-10(4-2)5-6-10/h3-8H2,1-2H3,(H2,11,12,13). The molecule has 76 valence electrons. The van der Waals surface area contributed by atoms with Crippen LogP contribution in [0.5, 0.6) is 0 Å². The quantitative estimate of drug-likeness (QED) is 0.673. The lowest BCUT2D eigenvalue weighted by Gasteiger charge is -2.13. The van der Waals surface area contributed by atoms with Gasteiger partial charge in [-0.1, -0.05) is 13.8 Å². The Labute approximate surface area is 80.3 Å². The Morgan fingerprint density at radius 1 is 1.31 bits per heavy atom. The molecule has 0 aromatic heterocycles. The predicted molar refractivity (Wildman–Crippen MR) is 53.7 cm³/mol. The van der Waals surface area contributed by atoms with Gasteiger partial charge >= 0.3 is 6.03 Å². The van der Waals surface area contributed by atoms with Gasteiger partial charge < -0.3 is 10.6 Å². The zero-order valence-corrected chi connectivity index (χ0v) is 8.65. The molecule has 0 spiro atoms. The number of hydrogen-bond donors (Lipinski definition) is 2. The second-order valence-electron chi connectivity index (χ2n) is 3.96. The van der Waals surface area contributed by atoms with Crippen molar-refractivity contribution in [1.29, 1.82) is 0 Å². The molecular formula is C10H20N2O. The van der Waals surface area contributed by atoms with Crippen molar-refractivity contribution >= 4 is 6.03 Å². The van der Waals surface area contributed by atoms with E-state index < -0.39 is 0 Å². The van der Waals surface area contributed by atoms with Crippen molar-refractivity contribution in [3.8, 4) is 0 Å². The van der Waals surface area contributed by atoms with E-state index in [-0.39, 0.29) is 6.03 Å². The van der Waals surface area contributed by atoms with Crippen molar-refractivity contribution in [1.82, 2.24) is 10.6 Å². The molecule has 0 unspecified atom stereocenters. The monoisotopic (exact) mass is 184 g/mol. The van der Waals surface area contributed by atoms with Crippen molar-refractivity contribution in [2.75, 3.05) is 13.1 Å². The summed E-state index contributed by atoms with van der Waals surface area (Å²) in [6.07, 6.45) is 4.72. The fraction of sp³-hybridized carbons (Fsp3) is 0.900. The van der Waals surface area contributed by atoms with Gasteiger partial charge in [0.1, 0.15) is 0 Å². The lowest BCUT2D eigenvalue weighted by molar-refractivity contribution is 0.238. The van der Waals surface area contributed by atoms with Gasteiger partial charge in [-0.3, -0.25) is 0 Å². The molecule has 0 aromatic rings. The largest absolute Gasteiger partial charge is 0.338 e. The molecule has 13 heavy (non-hydrogen) atoms. The molecule has 1 saturated carbocycles. The van der Waals surface area contributed by atoms with Crippen LogP contribution < -0.4 is 10.6 Å². The van der Waals surface area contributed by atoms with Crippen molar-refractivity contribution in [2.24, 2.45) is 5.41 Å². The molecule has 0 aromatic carbocycles. The summed E-state index contributed by atoms with van der Waals surface area (Å²) >= 11 is 0. The van der Waals surface area contributed by atoms with Crippen LogP contribution in [-0.2, 0) is 0 Å². The Balaban J connectivity index is 2.08. The average Bonchev–Trinajstić information content (AvgIpc) is 2.92. The lowest BCUT2D eigenvalue weighted by Crippen LogP contribution is -2.38. The third-order valence-electron chi connectivity index (χ3n) is 2.87. The highest BCUT2D eigenvalue weighted by Crippen LogP contribution is 2.47. The molecule has 1 fully saturated rings. The van der Waals surface area contributed by atoms with Crippen LogP contribution in [0.25, 0.3) is 0 Å². The Hall–Kier alpha value is -0.730. The molecule has 3 nitrogen and oxygen atoms in total. The average molecular weight is 184 g/mol. The van der Waals surface area contributed by atoms with Crippen molar-refractivity contribution in [3.63, 3.8) is 0 Å². The van der Waals surface area contributed by atoms with E-state index in [0.717, 1.165) is 19.5 Å². The van der Waals surface area contributed by atoms with Gasteiger partial charge in [0.2, 0.25) is 0 Å². The summed E-state index contributed by atoms with van der Waals surface area (Å²) in [5.41, 5.74) is 0.448. The maximum atomic E-state index is 11.2. The molecule has 1 aliphatic rings.